The van der Waals surface area contributed by atoms with Gasteiger partial charge in [0.2, 0.25) is 0 Å². The highest BCUT2D eigenvalue weighted by Gasteiger charge is 2.07. The minimum atomic E-state index is -0.217. The molecule has 0 amide bonds. The van der Waals surface area contributed by atoms with Gasteiger partial charge in [-0.15, -0.1) is 5.10 Å². The van der Waals surface area contributed by atoms with E-state index in [1.807, 2.05) is 38.1 Å². The minimum absolute atomic E-state index is 0.217. The second-order valence-electron chi connectivity index (χ2n) is 6.05. The Labute approximate surface area is 143 Å². The zero-order chi connectivity index (χ0) is 17.6. The molecule has 0 aliphatic carbocycles. The Morgan fingerprint density at radius 1 is 1.04 bits per heavy atom. The molecule has 0 fully saturated rings. The average molecular weight is 333 g/mol. The number of nitrogens with zero attached hydrogens (tertiary/aromatic N) is 5. The van der Waals surface area contributed by atoms with Crippen molar-refractivity contribution in [1.29, 1.82) is 0 Å². The van der Waals surface area contributed by atoms with Crippen molar-refractivity contribution in [2.75, 3.05) is 0 Å². The van der Waals surface area contributed by atoms with Gasteiger partial charge in [0.25, 0.3) is 0 Å². The van der Waals surface area contributed by atoms with Gasteiger partial charge >= 0.3 is 0 Å². The van der Waals surface area contributed by atoms with Crippen LogP contribution >= 0.6 is 0 Å². The highest BCUT2D eigenvalue weighted by atomic mass is 19.1. The molecule has 3 aromatic heterocycles. The van der Waals surface area contributed by atoms with Crippen LogP contribution in [-0.2, 0) is 0 Å². The lowest BCUT2D eigenvalue weighted by atomic mass is 10.1. The van der Waals surface area contributed by atoms with E-state index in [4.69, 9.17) is 0 Å². The van der Waals surface area contributed by atoms with Crippen LogP contribution in [-0.4, -0.2) is 24.6 Å². The second-order valence-corrected chi connectivity index (χ2v) is 6.05. The molecule has 0 saturated carbocycles. The van der Waals surface area contributed by atoms with Gasteiger partial charge < -0.3 is 0 Å². The van der Waals surface area contributed by atoms with Crippen LogP contribution in [0.3, 0.4) is 0 Å². The molecule has 0 radical (unpaired) electrons. The predicted molar refractivity (Wildman–Crippen MR) is 95.6 cm³/mol. The molecule has 0 spiro atoms. The highest BCUT2D eigenvalue weighted by Crippen LogP contribution is 2.18. The first-order valence-corrected chi connectivity index (χ1v) is 7.95. The zero-order valence-corrected chi connectivity index (χ0v) is 14.2. The van der Waals surface area contributed by atoms with E-state index in [0.29, 0.717) is 11.4 Å². The molecule has 0 N–H and O–H groups in total. The number of benzene rings is 1. The van der Waals surface area contributed by atoms with Gasteiger partial charge in [0, 0.05) is 11.6 Å². The topological polar surface area (TPSA) is 56.0 Å². The van der Waals surface area contributed by atoms with Crippen molar-refractivity contribution in [2.45, 2.75) is 20.8 Å². The van der Waals surface area contributed by atoms with Crippen LogP contribution in [0.25, 0.3) is 28.7 Å². The minimum Gasteiger partial charge on any atom is -0.256 e. The first-order chi connectivity index (χ1) is 12.0. The fourth-order valence-corrected chi connectivity index (χ4v) is 2.70. The summed E-state index contributed by atoms with van der Waals surface area (Å²) in [6.45, 7) is 5.58. The summed E-state index contributed by atoms with van der Waals surface area (Å²) >= 11 is 0. The van der Waals surface area contributed by atoms with E-state index in [2.05, 4.69) is 20.1 Å². The first-order valence-electron chi connectivity index (χ1n) is 7.95. The van der Waals surface area contributed by atoms with Crippen LogP contribution in [0.1, 0.15) is 28.5 Å². The molecule has 0 atom stereocenters. The molecule has 6 heteroatoms. The third kappa shape index (κ3) is 2.76. The van der Waals surface area contributed by atoms with Crippen molar-refractivity contribution >= 4 is 28.7 Å². The Morgan fingerprint density at radius 2 is 1.88 bits per heavy atom. The van der Waals surface area contributed by atoms with Crippen molar-refractivity contribution in [3.8, 4) is 0 Å². The Kier molecular flexibility index (Phi) is 3.53. The Balaban J connectivity index is 1.72. The monoisotopic (exact) mass is 333 g/mol. The number of fused-ring (bicyclic) bond motifs is 2. The van der Waals surface area contributed by atoms with E-state index >= 15 is 0 Å². The van der Waals surface area contributed by atoms with Gasteiger partial charge in [0.15, 0.2) is 11.5 Å². The van der Waals surface area contributed by atoms with Crippen LogP contribution in [0.5, 0.6) is 0 Å². The van der Waals surface area contributed by atoms with E-state index in [-0.39, 0.29) is 5.82 Å². The van der Waals surface area contributed by atoms with E-state index in [0.717, 1.165) is 33.6 Å². The van der Waals surface area contributed by atoms with Crippen LogP contribution in [0.15, 0.2) is 30.5 Å². The number of rotatable bonds is 2. The molecule has 0 unspecified atom stereocenters. The largest absolute Gasteiger partial charge is 0.256 e. The highest BCUT2D eigenvalue weighted by molar-refractivity contribution is 5.81. The van der Waals surface area contributed by atoms with Crippen LogP contribution in [0.2, 0.25) is 0 Å². The van der Waals surface area contributed by atoms with Crippen LogP contribution in [0, 0.1) is 26.6 Å². The van der Waals surface area contributed by atoms with E-state index < -0.39 is 0 Å². The summed E-state index contributed by atoms with van der Waals surface area (Å²) in [4.78, 5) is 13.4. The van der Waals surface area contributed by atoms with Crippen molar-refractivity contribution < 1.29 is 4.39 Å². The SMILES string of the molecule is Cc1cc2nc(C=Cc3nc4c(C)ncc(C)n4n3)ccc2cc1F. The summed E-state index contributed by atoms with van der Waals surface area (Å²) in [7, 11) is 0. The molecular weight excluding hydrogens is 317 g/mol. The summed E-state index contributed by atoms with van der Waals surface area (Å²) in [6.07, 6.45) is 5.44. The smallest absolute Gasteiger partial charge is 0.177 e. The second kappa shape index (κ2) is 5.73. The number of hydrogen-bond acceptors (Lipinski definition) is 4. The van der Waals surface area contributed by atoms with E-state index in [9.17, 15) is 4.39 Å². The summed E-state index contributed by atoms with van der Waals surface area (Å²) in [5.41, 5.74) is 4.62. The van der Waals surface area contributed by atoms with Crippen molar-refractivity contribution in [1.82, 2.24) is 24.6 Å². The van der Waals surface area contributed by atoms with Gasteiger partial charge in [-0.05, 0) is 56.7 Å². The van der Waals surface area contributed by atoms with Crippen molar-refractivity contribution in [2.24, 2.45) is 0 Å². The standard InChI is InChI=1S/C19H16FN5/c1-11-8-17-14(9-16(11)20)4-5-15(22-17)6-7-18-23-19-13(3)21-10-12(2)25(19)24-18/h4-10H,1-3H3. The molecule has 1 aromatic carbocycles. The molecule has 124 valence electrons. The molecule has 4 aromatic rings. The maximum Gasteiger partial charge on any atom is 0.177 e. The summed E-state index contributed by atoms with van der Waals surface area (Å²) in [6, 6.07) is 6.97. The van der Waals surface area contributed by atoms with Gasteiger partial charge in [0.1, 0.15) is 5.82 Å². The third-order valence-corrected chi connectivity index (χ3v) is 4.12. The summed E-state index contributed by atoms with van der Waals surface area (Å²) in [5, 5.41) is 5.26. The number of aromatic nitrogens is 5. The molecule has 4 rings (SSSR count). The molecule has 0 bridgehead atoms. The Bertz CT molecular complexity index is 1100. The molecule has 25 heavy (non-hydrogen) atoms. The van der Waals surface area contributed by atoms with Gasteiger partial charge in [-0.3, -0.25) is 4.98 Å². The van der Waals surface area contributed by atoms with E-state index in [1.165, 1.54) is 6.07 Å². The van der Waals surface area contributed by atoms with Crippen LogP contribution < -0.4 is 0 Å². The maximum atomic E-state index is 13.6. The molecule has 3 heterocycles. The van der Waals surface area contributed by atoms with Crippen LogP contribution in [0.4, 0.5) is 4.39 Å². The number of pyridine rings is 1. The fraction of sp³-hybridized carbons (Fsp3) is 0.158. The van der Waals surface area contributed by atoms with Crippen molar-refractivity contribution in [3.05, 3.63) is 64.7 Å². The van der Waals surface area contributed by atoms with Gasteiger partial charge in [-0.1, -0.05) is 6.07 Å². The van der Waals surface area contributed by atoms with Gasteiger partial charge in [0.05, 0.1) is 22.6 Å². The quantitative estimate of drug-likeness (QED) is 0.558. The fourth-order valence-electron chi connectivity index (χ4n) is 2.70. The van der Waals surface area contributed by atoms with E-state index in [1.54, 1.807) is 23.7 Å². The van der Waals surface area contributed by atoms with Gasteiger partial charge in [-0.2, -0.15) is 0 Å². The number of hydrogen-bond donors (Lipinski definition) is 0. The third-order valence-electron chi connectivity index (χ3n) is 4.12. The predicted octanol–water partition coefficient (Wildman–Crippen LogP) is 3.91. The molecule has 0 saturated heterocycles. The number of halogens is 1. The molecule has 0 aliphatic rings. The van der Waals surface area contributed by atoms with Crippen molar-refractivity contribution in [3.63, 3.8) is 0 Å². The Hall–Kier alpha value is -3.15. The molecular formula is C19H16FN5. The maximum absolute atomic E-state index is 13.6. The van der Waals surface area contributed by atoms with Gasteiger partial charge in [-0.25, -0.2) is 18.9 Å². The summed E-state index contributed by atoms with van der Waals surface area (Å²) < 4.78 is 15.4. The average Bonchev–Trinajstić information content (AvgIpc) is 3.03. The normalized spacial score (nSPS) is 11.8. The lowest BCUT2D eigenvalue weighted by Crippen LogP contribution is -1.97. The molecule has 5 nitrogen and oxygen atoms in total. The lowest BCUT2D eigenvalue weighted by molar-refractivity contribution is 0.620. The molecule has 0 aliphatic heterocycles. The zero-order valence-electron chi connectivity index (χ0n) is 14.2. The lowest BCUT2D eigenvalue weighted by Gasteiger charge is -2.02. The number of aryl methyl sites for hydroxylation is 3. The first kappa shape index (κ1) is 15.4. The summed E-state index contributed by atoms with van der Waals surface area (Å²) in [5.74, 6) is 0.377. The Morgan fingerprint density at radius 3 is 2.68 bits per heavy atom.